The number of anilines is 2. The van der Waals surface area contributed by atoms with Crippen LogP contribution in [0.25, 0.3) is 0 Å². The molecule has 0 radical (unpaired) electrons. The van der Waals surface area contributed by atoms with Crippen molar-refractivity contribution < 1.29 is 14.3 Å². The number of para-hydroxylation sites is 2. The zero-order valence-corrected chi connectivity index (χ0v) is 16.0. The van der Waals surface area contributed by atoms with Crippen molar-refractivity contribution >= 4 is 34.8 Å². The first kappa shape index (κ1) is 19.5. The molecule has 3 aromatic rings. The largest absolute Gasteiger partial charge is 0.482 e. The van der Waals surface area contributed by atoms with Gasteiger partial charge in [-0.05, 0) is 48.5 Å². The highest BCUT2D eigenvalue weighted by Gasteiger charge is 2.13. The van der Waals surface area contributed by atoms with Gasteiger partial charge < -0.3 is 15.0 Å². The minimum absolute atomic E-state index is 0.133. The number of carbonyl (C=O) groups is 2. The first-order valence-corrected chi connectivity index (χ1v) is 9.03. The van der Waals surface area contributed by atoms with Crippen LogP contribution in [0.2, 0.25) is 5.02 Å². The van der Waals surface area contributed by atoms with Crippen molar-refractivity contribution in [1.29, 1.82) is 0 Å². The van der Waals surface area contributed by atoms with Crippen LogP contribution in [0.15, 0.2) is 78.9 Å². The molecule has 0 heterocycles. The lowest BCUT2D eigenvalue weighted by atomic mass is 10.1. The molecular weight excluding hydrogens is 376 g/mol. The van der Waals surface area contributed by atoms with Gasteiger partial charge in [-0.1, -0.05) is 41.9 Å². The lowest BCUT2D eigenvalue weighted by Crippen LogP contribution is -2.26. The van der Waals surface area contributed by atoms with Crippen LogP contribution in [0, 0.1) is 0 Å². The number of nitrogens with zero attached hydrogens (tertiary/aromatic N) is 1. The molecule has 0 aliphatic heterocycles. The zero-order chi connectivity index (χ0) is 19.9. The number of carbonyl (C=O) groups excluding carboxylic acids is 2. The van der Waals surface area contributed by atoms with E-state index >= 15 is 0 Å². The molecule has 142 valence electrons. The Hall–Kier alpha value is -3.31. The number of rotatable bonds is 6. The standard InChI is InChI=1S/C22H19ClN2O3/c1-25(18-7-3-2-4-8-18)22(27)16-11-13-17(14-12-16)24-21(26)15-28-20-10-6-5-9-19(20)23/h2-14H,15H2,1H3,(H,24,26). The zero-order valence-electron chi connectivity index (χ0n) is 15.3. The van der Waals surface area contributed by atoms with E-state index in [9.17, 15) is 9.59 Å². The summed E-state index contributed by atoms with van der Waals surface area (Å²) in [6.07, 6.45) is 0. The van der Waals surface area contributed by atoms with Gasteiger partial charge >= 0.3 is 0 Å². The average Bonchev–Trinajstić information content (AvgIpc) is 2.73. The first-order valence-electron chi connectivity index (χ1n) is 8.65. The van der Waals surface area contributed by atoms with Gasteiger partial charge in [0, 0.05) is 24.0 Å². The molecule has 0 saturated heterocycles. The summed E-state index contributed by atoms with van der Waals surface area (Å²) in [5.41, 5.74) is 1.91. The Labute approximate surface area is 168 Å². The lowest BCUT2D eigenvalue weighted by Gasteiger charge is -2.17. The Morgan fingerprint density at radius 1 is 0.929 bits per heavy atom. The maximum Gasteiger partial charge on any atom is 0.262 e. The molecule has 0 saturated carbocycles. The summed E-state index contributed by atoms with van der Waals surface area (Å²) >= 11 is 5.99. The van der Waals surface area contributed by atoms with Crippen LogP contribution in [0.5, 0.6) is 5.75 Å². The van der Waals surface area contributed by atoms with Crippen molar-refractivity contribution in [2.75, 3.05) is 23.9 Å². The van der Waals surface area contributed by atoms with Gasteiger partial charge in [0.2, 0.25) is 0 Å². The van der Waals surface area contributed by atoms with Gasteiger partial charge in [-0.2, -0.15) is 0 Å². The SMILES string of the molecule is CN(C(=O)c1ccc(NC(=O)COc2ccccc2Cl)cc1)c1ccccc1. The summed E-state index contributed by atoms with van der Waals surface area (Å²) in [6.45, 7) is -0.166. The van der Waals surface area contributed by atoms with E-state index in [1.807, 2.05) is 30.3 Å². The van der Waals surface area contributed by atoms with Crippen molar-refractivity contribution in [2.45, 2.75) is 0 Å². The predicted octanol–water partition coefficient (Wildman–Crippen LogP) is 4.63. The quantitative estimate of drug-likeness (QED) is 0.662. The summed E-state index contributed by atoms with van der Waals surface area (Å²) < 4.78 is 5.41. The second-order valence-corrected chi connectivity index (χ2v) is 6.45. The van der Waals surface area contributed by atoms with Gasteiger partial charge in [0.15, 0.2) is 6.61 Å². The summed E-state index contributed by atoms with van der Waals surface area (Å²) in [6, 6.07) is 23.0. The Morgan fingerprint density at radius 3 is 2.25 bits per heavy atom. The van der Waals surface area contributed by atoms with Crippen molar-refractivity contribution in [1.82, 2.24) is 0 Å². The predicted molar refractivity (Wildman–Crippen MR) is 111 cm³/mol. The molecule has 28 heavy (non-hydrogen) atoms. The maximum absolute atomic E-state index is 12.6. The fourth-order valence-electron chi connectivity index (χ4n) is 2.56. The monoisotopic (exact) mass is 394 g/mol. The number of hydrogen-bond acceptors (Lipinski definition) is 3. The van der Waals surface area contributed by atoms with Crippen LogP contribution < -0.4 is 15.0 Å². The van der Waals surface area contributed by atoms with Crippen LogP contribution in [0.1, 0.15) is 10.4 Å². The van der Waals surface area contributed by atoms with Crippen LogP contribution in [-0.4, -0.2) is 25.5 Å². The van der Waals surface area contributed by atoms with Crippen LogP contribution in [0.4, 0.5) is 11.4 Å². The average molecular weight is 395 g/mol. The highest BCUT2D eigenvalue weighted by atomic mass is 35.5. The van der Waals surface area contributed by atoms with E-state index in [0.717, 1.165) is 5.69 Å². The molecule has 6 heteroatoms. The van der Waals surface area contributed by atoms with Crippen LogP contribution in [0.3, 0.4) is 0 Å². The van der Waals surface area contributed by atoms with Crippen LogP contribution >= 0.6 is 11.6 Å². The van der Waals surface area contributed by atoms with Gasteiger partial charge in [0.1, 0.15) is 5.75 Å². The number of benzene rings is 3. The number of nitrogens with one attached hydrogen (secondary N) is 1. The third-order valence-corrected chi connectivity index (χ3v) is 4.37. The van der Waals surface area contributed by atoms with Crippen molar-refractivity contribution in [2.24, 2.45) is 0 Å². The Balaban J connectivity index is 1.57. The molecule has 0 unspecified atom stereocenters. The van der Waals surface area contributed by atoms with E-state index in [0.29, 0.717) is 22.0 Å². The highest BCUT2D eigenvalue weighted by Crippen LogP contribution is 2.23. The fourth-order valence-corrected chi connectivity index (χ4v) is 2.75. The molecule has 0 spiro atoms. The maximum atomic E-state index is 12.6. The summed E-state index contributed by atoms with van der Waals surface area (Å²) in [4.78, 5) is 26.2. The minimum atomic E-state index is -0.319. The lowest BCUT2D eigenvalue weighted by molar-refractivity contribution is -0.118. The summed E-state index contributed by atoms with van der Waals surface area (Å²) in [5, 5.41) is 3.17. The molecule has 0 atom stereocenters. The molecule has 0 aromatic heterocycles. The Bertz CT molecular complexity index is 959. The fraction of sp³-hybridized carbons (Fsp3) is 0.0909. The summed E-state index contributed by atoms with van der Waals surface area (Å²) in [5.74, 6) is -0.00394. The van der Waals surface area contributed by atoms with E-state index < -0.39 is 0 Å². The van der Waals surface area contributed by atoms with Gasteiger partial charge in [-0.15, -0.1) is 0 Å². The third-order valence-electron chi connectivity index (χ3n) is 4.06. The summed E-state index contributed by atoms with van der Waals surface area (Å²) in [7, 11) is 1.72. The number of halogens is 1. The number of hydrogen-bond donors (Lipinski definition) is 1. The van der Waals surface area contributed by atoms with Crippen LogP contribution in [-0.2, 0) is 4.79 Å². The minimum Gasteiger partial charge on any atom is -0.482 e. The molecule has 0 fully saturated rings. The van der Waals surface area contributed by atoms with Crippen molar-refractivity contribution in [3.8, 4) is 5.75 Å². The molecule has 2 amide bonds. The van der Waals surface area contributed by atoms with Crippen molar-refractivity contribution in [3.05, 3.63) is 89.4 Å². The smallest absolute Gasteiger partial charge is 0.262 e. The molecule has 0 aliphatic rings. The number of ether oxygens (including phenoxy) is 1. The second-order valence-electron chi connectivity index (χ2n) is 6.04. The topological polar surface area (TPSA) is 58.6 Å². The van der Waals surface area contributed by atoms with Gasteiger partial charge in [-0.3, -0.25) is 9.59 Å². The molecular formula is C22H19ClN2O3. The molecule has 5 nitrogen and oxygen atoms in total. The van der Waals surface area contributed by atoms with Crippen molar-refractivity contribution in [3.63, 3.8) is 0 Å². The first-order chi connectivity index (χ1) is 13.5. The van der Waals surface area contributed by atoms with Gasteiger partial charge in [-0.25, -0.2) is 0 Å². The normalized spacial score (nSPS) is 10.2. The molecule has 3 rings (SSSR count). The van der Waals surface area contributed by atoms with E-state index in [4.69, 9.17) is 16.3 Å². The van der Waals surface area contributed by atoms with E-state index in [1.54, 1.807) is 60.5 Å². The second kappa shape index (κ2) is 9.06. The molecule has 1 N–H and O–H groups in total. The molecule has 0 aliphatic carbocycles. The molecule has 3 aromatic carbocycles. The van der Waals surface area contributed by atoms with Gasteiger partial charge in [0.25, 0.3) is 11.8 Å². The Morgan fingerprint density at radius 2 is 1.57 bits per heavy atom. The van der Waals surface area contributed by atoms with E-state index in [2.05, 4.69) is 5.32 Å². The molecule has 0 bridgehead atoms. The van der Waals surface area contributed by atoms with Gasteiger partial charge in [0.05, 0.1) is 5.02 Å². The third kappa shape index (κ3) is 4.90. The van der Waals surface area contributed by atoms with E-state index in [1.165, 1.54) is 0 Å². The van der Waals surface area contributed by atoms with E-state index in [-0.39, 0.29) is 18.4 Å². The Kier molecular flexibility index (Phi) is 6.29. The highest BCUT2D eigenvalue weighted by molar-refractivity contribution is 6.32. The number of amides is 2.